The van der Waals surface area contributed by atoms with Gasteiger partial charge in [0, 0.05) is 0 Å². The van der Waals surface area contributed by atoms with E-state index in [1.807, 2.05) is 26.0 Å². The molecule has 0 fully saturated rings. The second-order valence-corrected chi connectivity index (χ2v) is 6.69. The molecule has 0 atom stereocenters. The van der Waals surface area contributed by atoms with Gasteiger partial charge in [-0.2, -0.15) is 0 Å². The van der Waals surface area contributed by atoms with E-state index in [-0.39, 0.29) is 4.90 Å². The first-order valence-corrected chi connectivity index (χ1v) is 7.97. The summed E-state index contributed by atoms with van der Waals surface area (Å²) in [4.78, 5) is 7.20. The van der Waals surface area contributed by atoms with Crippen LogP contribution in [0.1, 0.15) is 11.1 Å². The van der Waals surface area contributed by atoms with E-state index < -0.39 is 10.0 Å². The normalized spacial score (nSPS) is 11.7. The molecule has 0 spiro atoms. The molecule has 0 aliphatic carbocycles. The van der Waals surface area contributed by atoms with Gasteiger partial charge in [-0.25, -0.2) is 13.4 Å². The number of aromatic amines is 1. The van der Waals surface area contributed by atoms with Gasteiger partial charge in [0.1, 0.15) is 0 Å². The predicted molar refractivity (Wildman–Crippen MR) is 82.8 cm³/mol. The second kappa shape index (κ2) is 4.89. The zero-order valence-corrected chi connectivity index (χ0v) is 12.5. The highest BCUT2D eigenvalue weighted by atomic mass is 32.2. The third-order valence-electron chi connectivity index (χ3n) is 3.33. The van der Waals surface area contributed by atoms with Crippen LogP contribution in [-0.4, -0.2) is 18.4 Å². The Balaban J connectivity index is 1.99. The number of hydrogen-bond acceptors (Lipinski definition) is 3. The highest BCUT2D eigenvalue weighted by molar-refractivity contribution is 7.92. The molecule has 2 N–H and O–H groups in total. The maximum absolute atomic E-state index is 12.5. The van der Waals surface area contributed by atoms with Gasteiger partial charge in [0.2, 0.25) is 0 Å². The molecule has 2 aromatic carbocycles. The van der Waals surface area contributed by atoms with E-state index >= 15 is 0 Å². The lowest BCUT2D eigenvalue weighted by atomic mass is 10.1. The van der Waals surface area contributed by atoms with E-state index in [2.05, 4.69) is 14.7 Å². The lowest BCUT2D eigenvalue weighted by molar-refractivity contribution is 0.601. The predicted octanol–water partition coefficient (Wildman–Crippen LogP) is 2.98. The Morgan fingerprint density at radius 2 is 1.90 bits per heavy atom. The number of anilines is 1. The molecule has 0 bridgehead atoms. The number of sulfonamides is 1. The van der Waals surface area contributed by atoms with Crippen molar-refractivity contribution in [3.8, 4) is 0 Å². The number of fused-ring (bicyclic) bond motifs is 1. The van der Waals surface area contributed by atoms with Gasteiger partial charge in [-0.05, 0) is 43.7 Å². The van der Waals surface area contributed by atoms with Crippen LogP contribution >= 0.6 is 0 Å². The Labute approximate surface area is 123 Å². The third kappa shape index (κ3) is 2.62. The summed E-state index contributed by atoms with van der Waals surface area (Å²) < 4.78 is 27.5. The van der Waals surface area contributed by atoms with E-state index in [0.29, 0.717) is 11.2 Å². The van der Waals surface area contributed by atoms with Crippen LogP contribution in [0.5, 0.6) is 0 Å². The maximum atomic E-state index is 12.5. The van der Waals surface area contributed by atoms with Crippen LogP contribution in [0.4, 0.5) is 5.69 Å². The van der Waals surface area contributed by atoms with Crippen LogP contribution in [0.25, 0.3) is 11.0 Å². The molecule has 0 saturated carbocycles. The van der Waals surface area contributed by atoms with E-state index in [9.17, 15) is 8.42 Å². The van der Waals surface area contributed by atoms with Gasteiger partial charge in [0.25, 0.3) is 10.0 Å². The first kappa shape index (κ1) is 13.6. The third-order valence-corrected chi connectivity index (χ3v) is 4.69. The number of aryl methyl sites for hydroxylation is 2. The smallest absolute Gasteiger partial charge is 0.261 e. The van der Waals surface area contributed by atoms with Crippen LogP contribution < -0.4 is 4.72 Å². The zero-order valence-electron chi connectivity index (χ0n) is 11.7. The van der Waals surface area contributed by atoms with Gasteiger partial charge in [0.05, 0.1) is 27.9 Å². The highest BCUT2D eigenvalue weighted by Crippen LogP contribution is 2.22. The molecule has 3 rings (SSSR count). The lowest BCUT2D eigenvalue weighted by Crippen LogP contribution is -2.13. The summed E-state index contributed by atoms with van der Waals surface area (Å²) in [5.74, 6) is 0. The molecule has 0 aliphatic rings. The van der Waals surface area contributed by atoms with Crippen molar-refractivity contribution in [3.05, 3.63) is 53.9 Å². The molecule has 21 heavy (non-hydrogen) atoms. The summed E-state index contributed by atoms with van der Waals surface area (Å²) in [7, 11) is -3.62. The number of aromatic nitrogens is 2. The number of nitrogens with one attached hydrogen (secondary N) is 2. The first-order valence-electron chi connectivity index (χ1n) is 6.49. The average molecular weight is 301 g/mol. The summed E-state index contributed by atoms with van der Waals surface area (Å²) in [6.45, 7) is 3.85. The van der Waals surface area contributed by atoms with E-state index in [1.54, 1.807) is 30.6 Å². The molecule has 0 unspecified atom stereocenters. The summed E-state index contributed by atoms with van der Waals surface area (Å²) in [6, 6.07) is 10.4. The number of imidazole rings is 1. The zero-order chi connectivity index (χ0) is 15.0. The molecule has 1 heterocycles. The van der Waals surface area contributed by atoms with Crippen LogP contribution in [0.3, 0.4) is 0 Å². The van der Waals surface area contributed by atoms with Gasteiger partial charge in [-0.1, -0.05) is 17.7 Å². The van der Waals surface area contributed by atoms with Crippen molar-refractivity contribution in [1.82, 2.24) is 9.97 Å². The second-order valence-electron chi connectivity index (χ2n) is 5.01. The van der Waals surface area contributed by atoms with Crippen molar-refractivity contribution in [2.45, 2.75) is 18.7 Å². The molecule has 0 saturated heterocycles. The molecule has 1 aromatic heterocycles. The standard InChI is InChI=1S/C15H15N3O2S/c1-10-3-5-13(11(2)7-10)18-21(19,20)12-4-6-14-15(8-12)17-9-16-14/h3-9,18H,1-2H3,(H,16,17). The van der Waals surface area contributed by atoms with Gasteiger partial charge in [-0.3, -0.25) is 4.72 Å². The van der Waals surface area contributed by atoms with E-state index in [4.69, 9.17) is 0 Å². The Hall–Kier alpha value is -2.34. The van der Waals surface area contributed by atoms with Crippen molar-refractivity contribution in [3.63, 3.8) is 0 Å². The quantitative estimate of drug-likeness (QED) is 0.781. The topological polar surface area (TPSA) is 74.8 Å². The van der Waals surface area contributed by atoms with Crippen molar-refractivity contribution < 1.29 is 8.42 Å². The monoisotopic (exact) mass is 301 g/mol. The fraction of sp³-hybridized carbons (Fsp3) is 0.133. The van der Waals surface area contributed by atoms with E-state index in [1.165, 1.54) is 0 Å². The molecule has 0 amide bonds. The largest absolute Gasteiger partial charge is 0.345 e. The molecule has 0 aliphatic heterocycles. The minimum absolute atomic E-state index is 0.208. The van der Waals surface area contributed by atoms with Crippen molar-refractivity contribution in [2.24, 2.45) is 0 Å². The van der Waals surface area contributed by atoms with Gasteiger partial charge in [-0.15, -0.1) is 0 Å². The molecule has 0 radical (unpaired) electrons. The van der Waals surface area contributed by atoms with Crippen molar-refractivity contribution in [1.29, 1.82) is 0 Å². The van der Waals surface area contributed by atoms with Gasteiger partial charge in [0.15, 0.2) is 0 Å². The summed E-state index contributed by atoms with van der Waals surface area (Å²) in [5.41, 5.74) is 4.00. The Morgan fingerprint density at radius 3 is 2.67 bits per heavy atom. The van der Waals surface area contributed by atoms with Crippen LogP contribution in [-0.2, 0) is 10.0 Å². The molecule has 5 nitrogen and oxygen atoms in total. The minimum atomic E-state index is -3.62. The highest BCUT2D eigenvalue weighted by Gasteiger charge is 2.16. The van der Waals surface area contributed by atoms with Crippen molar-refractivity contribution in [2.75, 3.05) is 4.72 Å². The number of rotatable bonds is 3. The molecule has 108 valence electrons. The number of H-pyrrole nitrogens is 1. The van der Waals surface area contributed by atoms with Gasteiger partial charge < -0.3 is 4.98 Å². The summed E-state index contributed by atoms with van der Waals surface area (Å²) in [5, 5.41) is 0. The van der Waals surface area contributed by atoms with Crippen LogP contribution in [0, 0.1) is 13.8 Å². The summed E-state index contributed by atoms with van der Waals surface area (Å²) >= 11 is 0. The fourth-order valence-electron chi connectivity index (χ4n) is 2.21. The number of hydrogen-bond donors (Lipinski definition) is 2. The van der Waals surface area contributed by atoms with Crippen LogP contribution in [0.2, 0.25) is 0 Å². The first-order chi connectivity index (χ1) is 9.95. The maximum Gasteiger partial charge on any atom is 0.261 e. The van der Waals surface area contributed by atoms with Gasteiger partial charge >= 0.3 is 0 Å². The fourth-order valence-corrected chi connectivity index (χ4v) is 3.37. The molecular formula is C15H15N3O2S. The lowest BCUT2D eigenvalue weighted by Gasteiger charge is -2.11. The number of nitrogens with zero attached hydrogens (tertiary/aromatic N) is 1. The Bertz CT molecular complexity index is 914. The van der Waals surface area contributed by atoms with E-state index in [0.717, 1.165) is 16.6 Å². The number of benzene rings is 2. The minimum Gasteiger partial charge on any atom is -0.345 e. The molecule has 6 heteroatoms. The van der Waals surface area contributed by atoms with Crippen LogP contribution in [0.15, 0.2) is 47.6 Å². The Kier molecular flexibility index (Phi) is 3.17. The Morgan fingerprint density at radius 1 is 1.10 bits per heavy atom. The molecule has 3 aromatic rings. The molecular weight excluding hydrogens is 286 g/mol. The SMILES string of the molecule is Cc1ccc(NS(=O)(=O)c2ccc3nc[nH]c3c2)c(C)c1. The average Bonchev–Trinajstić information content (AvgIpc) is 2.89. The summed E-state index contributed by atoms with van der Waals surface area (Å²) in [6.07, 6.45) is 1.54. The van der Waals surface area contributed by atoms with Crippen molar-refractivity contribution >= 4 is 26.7 Å².